The third-order valence-corrected chi connectivity index (χ3v) is 3.75. The van der Waals surface area contributed by atoms with E-state index in [0.717, 1.165) is 19.3 Å². The van der Waals surface area contributed by atoms with Gasteiger partial charge in [-0.2, -0.15) is 0 Å². The molecular weight excluding hydrogens is 264 g/mol. The number of amides is 1. The zero-order chi connectivity index (χ0) is 14.5. The molecule has 0 radical (unpaired) electrons. The van der Waals surface area contributed by atoms with Crippen molar-refractivity contribution in [3.63, 3.8) is 0 Å². The van der Waals surface area contributed by atoms with Gasteiger partial charge in [0.25, 0.3) is 5.91 Å². The van der Waals surface area contributed by atoms with Crippen LogP contribution in [0, 0.1) is 6.92 Å². The van der Waals surface area contributed by atoms with Crippen LogP contribution in [0.1, 0.15) is 42.1 Å². The van der Waals surface area contributed by atoms with Crippen LogP contribution >= 0.6 is 0 Å². The highest BCUT2D eigenvalue weighted by Crippen LogP contribution is 2.14. The van der Waals surface area contributed by atoms with Crippen LogP contribution in [0.4, 0.5) is 0 Å². The van der Waals surface area contributed by atoms with E-state index in [2.05, 4.69) is 12.2 Å². The first kappa shape index (κ1) is 15.7. The van der Waals surface area contributed by atoms with Crippen molar-refractivity contribution >= 4 is 15.9 Å². The van der Waals surface area contributed by atoms with Gasteiger partial charge in [-0.15, -0.1) is 0 Å². The summed E-state index contributed by atoms with van der Waals surface area (Å²) < 4.78 is 22.4. The molecule has 106 valence electrons. The summed E-state index contributed by atoms with van der Waals surface area (Å²) in [4.78, 5) is 11.9. The Kier molecular flexibility index (Phi) is 5.50. The second kappa shape index (κ2) is 6.68. The molecule has 0 spiro atoms. The summed E-state index contributed by atoms with van der Waals surface area (Å²) in [6.07, 6.45) is 3.11. The fraction of sp³-hybridized carbons (Fsp3) is 0.462. The summed E-state index contributed by atoms with van der Waals surface area (Å²) in [5, 5.41) is 7.85. The Labute approximate surface area is 114 Å². The Bertz CT molecular complexity index is 553. The van der Waals surface area contributed by atoms with Crippen LogP contribution in [0.3, 0.4) is 0 Å². The summed E-state index contributed by atoms with van der Waals surface area (Å²) in [5.41, 5.74) is 1.07. The van der Waals surface area contributed by atoms with Crippen molar-refractivity contribution in [3.8, 4) is 0 Å². The molecule has 0 aromatic heterocycles. The number of benzene rings is 1. The fourth-order valence-electron chi connectivity index (χ4n) is 1.74. The minimum Gasteiger partial charge on any atom is -0.352 e. The Morgan fingerprint density at radius 2 is 2.00 bits per heavy atom. The lowest BCUT2D eigenvalue weighted by Gasteiger charge is -2.08. The normalized spacial score (nSPS) is 11.3. The molecule has 0 atom stereocenters. The van der Waals surface area contributed by atoms with Crippen LogP contribution in [0.5, 0.6) is 0 Å². The average Bonchev–Trinajstić information content (AvgIpc) is 2.33. The molecule has 1 aromatic rings. The number of rotatable bonds is 6. The number of hydrogen-bond donors (Lipinski definition) is 2. The first-order valence-corrected chi connectivity index (χ1v) is 7.82. The topological polar surface area (TPSA) is 89.3 Å². The van der Waals surface area contributed by atoms with E-state index >= 15 is 0 Å². The van der Waals surface area contributed by atoms with Gasteiger partial charge >= 0.3 is 0 Å². The zero-order valence-corrected chi connectivity index (χ0v) is 12.1. The standard InChI is InChI=1S/C13H20N2O3S/c1-3-4-5-8-15-13(16)12-7-6-11(9-10(12)2)19(14,17)18/h6-7,9H,3-5,8H2,1-2H3,(H,15,16)(H2,14,17,18). The lowest BCUT2D eigenvalue weighted by molar-refractivity contribution is 0.0952. The highest BCUT2D eigenvalue weighted by Gasteiger charge is 2.13. The molecule has 0 saturated heterocycles. The minimum atomic E-state index is -3.72. The molecule has 1 rings (SSSR count). The number of sulfonamides is 1. The molecule has 0 unspecified atom stereocenters. The highest BCUT2D eigenvalue weighted by molar-refractivity contribution is 7.89. The van der Waals surface area contributed by atoms with Gasteiger partial charge in [0, 0.05) is 12.1 Å². The molecule has 6 heteroatoms. The first-order valence-electron chi connectivity index (χ1n) is 6.28. The van der Waals surface area contributed by atoms with Gasteiger partial charge in [0.15, 0.2) is 0 Å². The zero-order valence-electron chi connectivity index (χ0n) is 11.3. The van der Waals surface area contributed by atoms with Crippen LogP contribution in [0.15, 0.2) is 23.1 Å². The van der Waals surface area contributed by atoms with E-state index in [0.29, 0.717) is 17.7 Å². The maximum atomic E-state index is 11.9. The van der Waals surface area contributed by atoms with Crippen molar-refractivity contribution in [3.05, 3.63) is 29.3 Å². The fourth-order valence-corrected chi connectivity index (χ4v) is 2.34. The Morgan fingerprint density at radius 3 is 2.53 bits per heavy atom. The first-order chi connectivity index (χ1) is 8.86. The average molecular weight is 284 g/mol. The van der Waals surface area contributed by atoms with Crippen molar-refractivity contribution in [1.29, 1.82) is 0 Å². The largest absolute Gasteiger partial charge is 0.352 e. The molecule has 1 aromatic carbocycles. The monoisotopic (exact) mass is 284 g/mol. The summed E-state index contributed by atoms with van der Waals surface area (Å²) in [5.74, 6) is -0.186. The number of nitrogens with two attached hydrogens (primary N) is 1. The van der Waals surface area contributed by atoms with Crippen molar-refractivity contribution < 1.29 is 13.2 Å². The smallest absolute Gasteiger partial charge is 0.251 e. The summed E-state index contributed by atoms with van der Waals surface area (Å²) in [6, 6.07) is 4.25. The predicted octanol–water partition coefficient (Wildman–Crippen LogP) is 1.56. The van der Waals surface area contributed by atoms with Crippen molar-refractivity contribution in [2.45, 2.75) is 38.0 Å². The van der Waals surface area contributed by atoms with Gasteiger partial charge in [0.2, 0.25) is 10.0 Å². The number of carbonyl (C=O) groups excluding carboxylic acids is 1. The summed E-state index contributed by atoms with van der Waals surface area (Å²) >= 11 is 0. The van der Waals surface area contributed by atoms with Gasteiger partial charge in [-0.25, -0.2) is 13.6 Å². The molecule has 1 amide bonds. The molecule has 19 heavy (non-hydrogen) atoms. The lowest BCUT2D eigenvalue weighted by Crippen LogP contribution is -2.25. The van der Waals surface area contributed by atoms with Crippen LogP contribution < -0.4 is 10.5 Å². The maximum Gasteiger partial charge on any atom is 0.251 e. The van der Waals surface area contributed by atoms with E-state index in [4.69, 9.17) is 5.14 Å². The molecular formula is C13H20N2O3S. The number of aryl methyl sites for hydroxylation is 1. The molecule has 0 fully saturated rings. The number of carbonyl (C=O) groups is 1. The third-order valence-electron chi connectivity index (χ3n) is 2.84. The molecule has 0 heterocycles. The van der Waals surface area contributed by atoms with E-state index in [1.54, 1.807) is 6.92 Å². The van der Waals surface area contributed by atoms with Crippen LogP contribution in [0.25, 0.3) is 0 Å². The molecule has 0 aliphatic carbocycles. The number of nitrogens with one attached hydrogen (secondary N) is 1. The van der Waals surface area contributed by atoms with Gasteiger partial charge in [-0.05, 0) is 37.1 Å². The van der Waals surface area contributed by atoms with Gasteiger partial charge < -0.3 is 5.32 Å². The highest BCUT2D eigenvalue weighted by atomic mass is 32.2. The Balaban J connectivity index is 2.77. The number of unbranched alkanes of at least 4 members (excludes halogenated alkanes) is 2. The van der Waals surface area contributed by atoms with E-state index in [1.165, 1.54) is 18.2 Å². The lowest BCUT2D eigenvalue weighted by atomic mass is 10.1. The number of primary sulfonamides is 1. The number of hydrogen-bond acceptors (Lipinski definition) is 3. The molecule has 5 nitrogen and oxygen atoms in total. The van der Waals surface area contributed by atoms with Gasteiger partial charge in [-0.3, -0.25) is 4.79 Å². The van der Waals surface area contributed by atoms with Crippen LogP contribution in [-0.2, 0) is 10.0 Å². The van der Waals surface area contributed by atoms with Gasteiger partial charge in [0.05, 0.1) is 4.90 Å². The second-order valence-corrected chi connectivity index (χ2v) is 6.05. The Hall–Kier alpha value is -1.40. The van der Waals surface area contributed by atoms with Gasteiger partial charge in [0.1, 0.15) is 0 Å². The van der Waals surface area contributed by atoms with Crippen LogP contribution in [0.2, 0.25) is 0 Å². The van der Waals surface area contributed by atoms with E-state index in [-0.39, 0.29) is 10.8 Å². The third kappa shape index (κ3) is 4.65. The van der Waals surface area contributed by atoms with Gasteiger partial charge in [-0.1, -0.05) is 19.8 Å². The SMILES string of the molecule is CCCCCNC(=O)c1ccc(S(N)(=O)=O)cc1C. The van der Waals surface area contributed by atoms with E-state index in [1.807, 2.05) is 0 Å². The van der Waals surface area contributed by atoms with E-state index < -0.39 is 10.0 Å². The predicted molar refractivity (Wildman–Crippen MR) is 74.4 cm³/mol. The Morgan fingerprint density at radius 1 is 1.32 bits per heavy atom. The molecule has 0 aliphatic rings. The quantitative estimate of drug-likeness (QED) is 0.777. The summed E-state index contributed by atoms with van der Waals surface area (Å²) in [6.45, 7) is 4.41. The second-order valence-electron chi connectivity index (χ2n) is 4.48. The summed E-state index contributed by atoms with van der Waals surface area (Å²) in [7, 11) is -3.72. The molecule has 3 N–H and O–H groups in total. The van der Waals surface area contributed by atoms with Crippen molar-refractivity contribution in [1.82, 2.24) is 5.32 Å². The molecule has 0 saturated carbocycles. The van der Waals surface area contributed by atoms with E-state index in [9.17, 15) is 13.2 Å². The molecule has 0 aliphatic heterocycles. The maximum absolute atomic E-state index is 11.9. The van der Waals surface area contributed by atoms with Crippen molar-refractivity contribution in [2.24, 2.45) is 5.14 Å². The van der Waals surface area contributed by atoms with Crippen molar-refractivity contribution in [2.75, 3.05) is 6.54 Å². The van der Waals surface area contributed by atoms with Crippen LogP contribution in [-0.4, -0.2) is 20.9 Å². The molecule has 0 bridgehead atoms. The minimum absolute atomic E-state index is 0.0209.